The van der Waals surface area contributed by atoms with Gasteiger partial charge < -0.3 is 11.1 Å². The van der Waals surface area contributed by atoms with E-state index in [-0.39, 0.29) is 11.3 Å². The average molecular weight is 254 g/mol. The lowest BCUT2D eigenvalue weighted by Gasteiger charge is -2.06. The topological polar surface area (TPSA) is 55.1 Å². The Labute approximate surface area is 110 Å². The number of anilines is 2. The van der Waals surface area contributed by atoms with E-state index in [2.05, 4.69) is 11.2 Å². The summed E-state index contributed by atoms with van der Waals surface area (Å²) in [5, 5.41) is 2.64. The first-order chi connectivity index (χ1) is 9.10. The van der Waals surface area contributed by atoms with Crippen LogP contribution in [0.15, 0.2) is 42.5 Å². The van der Waals surface area contributed by atoms with E-state index in [0.29, 0.717) is 11.3 Å². The van der Waals surface area contributed by atoms with Crippen LogP contribution < -0.4 is 11.1 Å². The van der Waals surface area contributed by atoms with Gasteiger partial charge in [-0.3, -0.25) is 4.79 Å². The maximum absolute atomic E-state index is 13.3. The van der Waals surface area contributed by atoms with Crippen LogP contribution in [0, 0.1) is 18.2 Å². The predicted octanol–water partition coefficient (Wildman–Crippen LogP) is 2.64. The summed E-state index contributed by atoms with van der Waals surface area (Å²) in [5.74, 6) is 1.43. The maximum Gasteiger partial charge on any atom is 0.255 e. The largest absolute Gasteiger partial charge is 0.396 e. The molecule has 94 valence electrons. The van der Waals surface area contributed by atoms with Crippen molar-refractivity contribution in [1.82, 2.24) is 0 Å². The van der Waals surface area contributed by atoms with E-state index in [0.717, 1.165) is 6.07 Å². The van der Waals surface area contributed by atoms with Crippen molar-refractivity contribution in [3.8, 4) is 12.3 Å². The number of carbonyl (C=O) groups excluding carboxylic acids is 1. The Balaban J connectivity index is 2.21. The molecule has 1 amide bonds. The molecule has 0 fully saturated rings. The summed E-state index contributed by atoms with van der Waals surface area (Å²) < 4.78 is 13.3. The molecule has 0 radical (unpaired) electrons. The first kappa shape index (κ1) is 12.7. The smallest absolute Gasteiger partial charge is 0.255 e. The minimum Gasteiger partial charge on any atom is -0.396 e. The molecule has 4 heteroatoms. The molecule has 0 unspecified atom stereocenters. The fourth-order valence-electron chi connectivity index (χ4n) is 1.56. The van der Waals surface area contributed by atoms with Crippen LogP contribution in [0.4, 0.5) is 15.8 Å². The molecule has 2 rings (SSSR count). The van der Waals surface area contributed by atoms with E-state index in [1.165, 1.54) is 12.1 Å². The lowest BCUT2D eigenvalue weighted by Crippen LogP contribution is -2.12. The van der Waals surface area contributed by atoms with Crippen molar-refractivity contribution in [3.63, 3.8) is 0 Å². The molecule has 0 aliphatic heterocycles. The number of nitrogens with one attached hydrogen (secondary N) is 1. The van der Waals surface area contributed by atoms with Crippen LogP contribution in [0.25, 0.3) is 0 Å². The Morgan fingerprint density at radius 1 is 1.26 bits per heavy atom. The number of nitrogen functional groups attached to an aromatic ring is 1. The van der Waals surface area contributed by atoms with Crippen LogP contribution in [-0.2, 0) is 0 Å². The second-order valence-corrected chi connectivity index (χ2v) is 3.92. The molecule has 2 aromatic carbocycles. The molecule has 0 aromatic heterocycles. The lowest BCUT2D eigenvalue weighted by atomic mass is 10.1. The van der Waals surface area contributed by atoms with Gasteiger partial charge in [-0.2, -0.15) is 0 Å². The second-order valence-electron chi connectivity index (χ2n) is 3.92. The SMILES string of the molecule is C#Cc1cccc(NC(=O)c2ccc(N)c(F)c2)c1. The summed E-state index contributed by atoms with van der Waals surface area (Å²) in [5.41, 5.74) is 6.76. The highest BCUT2D eigenvalue weighted by atomic mass is 19.1. The van der Waals surface area contributed by atoms with Crippen LogP contribution >= 0.6 is 0 Å². The minimum atomic E-state index is -0.620. The molecular formula is C15H11FN2O. The monoisotopic (exact) mass is 254 g/mol. The molecule has 2 aromatic rings. The third-order valence-electron chi connectivity index (χ3n) is 2.55. The Bertz CT molecular complexity index is 674. The molecule has 0 bridgehead atoms. The molecule has 19 heavy (non-hydrogen) atoms. The fraction of sp³-hybridized carbons (Fsp3) is 0. The Morgan fingerprint density at radius 2 is 2.05 bits per heavy atom. The summed E-state index contributed by atoms with van der Waals surface area (Å²) in [6.45, 7) is 0. The average Bonchev–Trinajstić information content (AvgIpc) is 2.42. The molecule has 3 nitrogen and oxygen atoms in total. The number of hydrogen-bond acceptors (Lipinski definition) is 2. The Hall–Kier alpha value is -2.80. The second kappa shape index (κ2) is 5.23. The van der Waals surface area contributed by atoms with Crippen molar-refractivity contribution in [2.24, 2.45) is 0 Å². The lowest BCUT2D eigenvalue weighted by molar-refractivity contribution is 0.102. The van der Waals surface area contributed by atoms with Gasteiger partial charge in [-0.1, -0.05) is 12.0 Å². The molecule has 3 N–H and O–H groups in total. The van der Waals surface area contributed by atoms with Crippen molar-refractivity contribution in [2.45, 2.75) is 0 Å². The third-order valence-corrected chi connectivity index (χ3v) is 2.55. The first-order valence-electron chi connectivity index (χ1n) is 5.53. The van der Waals surface area contributed by atoms with Gasteiger partial charge in [-0.05, 0) is 36.4 Å². The van der Waals surface area contributed by atoms with E-state index in [1.807, 2.05) is 0 Å². The van der Waals surface area contributed by atoms with Crippen LogP contribution in [0.1, 0.15) is 15.9 Å². The van der Waals surface area contributed by atoms with Crippen LogP contribution in [0.2, 0.25) is 0 Å². The van der Waals surface area contributed by atoms with Crippen LogP contribution in [0.3, 0.4) is 0 Å². The van der Waals surface area contributed by atoms with E-state index in [1.54, 1.807) is 24.3 Å². The fourth-order valence-corrected chi connectivity index (χ4v) is 1.56. The number of halogens is 1. The van der Waals surface area contributed by atoms with Crippen LogP contribution in [0.5, 0.6) is 0 Å². The summed E-state index contributed by atoms with van der Waals surface area (Å²) in [4.78, 5) is 11.9. The maximum atomic E-state index is 13.3. The molecule has 0 saturated carbocycles. The molecule has 0 spiro atoms. The highest BCUT2D eigenvalue weighted by Gasteiger charge is 2.08. The summed E-state index contributed by atoms with van der Waals surface area (Å²) in [6.07, 6.45) is 5.27. The molecule has 0 aliphatic rings. The zero-order valence-electron chi connectivity index (χ0n) is 9.98. The number of benzene rings is 2. The van der Waals surface area contributed by atoms with Crippen molar-refractivity contribution >= 4 is 17.3 Å². The Kier molecular flexibility index (Phi) is 3.48. The zero-order valence-corrected chi connectivity index (χ0v) is 9.98. The predicted molar refractivity (Wildman–Crippen MR) is 73.1 cm³/mol. The van der Waals surface area contributed by atoms with Gasteiger partial charge in [0.05, 0.1) is 5.69 Å². The summed E-state index contributed by atoms with van der Waals surface area (Å²) in [7, 11) is 0. The van der Waals surface area contributed by atoms with Gasteiger partial charge in [0.15, 0.2) is 0 Å². The summed E-state index contributed by atoms with van der Waals surface area (Å²) in [6, 6.07) is 10.7. The van der Waals surface area contributed by atoms with Gasteiger partial charge in [-0.25, -0.2) is 4.39 Å². The molecular weight excluding hydrogens is 243 g/mol. The van der Waals surface area contributed by atoms with Crippen molar-refractivity contribution in [1.29, 1.82) is 0 Å². The molecule has 0 aliphatic carbocycles. The van der Waals surface area contributed by atoms with E-state index in [9.17, 15) is 9.18 Å². The number of amides is 1. The van der Waals surface area contributed by atoms with Crippen molar-refractivity contribution < 1.29 is 9.18 Å². The molecule has 0 saturated heterocycles. The van der Waals surface area contributed by atoms with Gasteiger partial charge in [-0.15, -0.1) is 6.42 Å². The van der Waals surface area contributed by atoms with Gasteiger partial charge in [0.25, 0.3) is 5.91 Å². The number of terminal acetylenes is 1. The van der Waals surface area contributed by atoms with E-state index < -0.39 is 11.7 Å². The Morgan fingerprint density at radius 3 is 2.74 bits per heavy atom. The van der Waals surface area contributed by atoms with Gasteiger partial charge in [0, 0.05) is 16.8 Å². The van der Waals surface area contributed by atoms with Crippen molar-refractivity contribution in [2.75, 3.05) is 11.1 Å². The number of carbonyl (C=O) groups is 1. The quantitative estimate of drug-likeness (QED) is 0.639. The van der Waals surface area contributed by atoms with Gasteiger partial charge in [0.1, 0.15) is 5.82 Å². The highest BCUT2D eigenvalue weighted by molar-refractivity contribution is 6.04. The number of nitrogens with two attached hydrogens (primary N) is 1. The normalized spacial score (nSPS) is 9.68. The number of hydrogen-bond donors (Lipinski definition) is 2. The minimum absolute atomic E-state index is 0.00544. The third kappa shape index (κ3) is 2.90. The van der Waals surface area contributed by atoms with Gasteiger partial charge in [0.2, 0.25) is 0 Å². The highest BCUT2D eigenvalue weighted by Crippen LogP contribution is 2.15. The summed E-state index contributed by atoms with van der Waals surface area (Å²) >= 11 is 0. The van der Waals surface area contributed by atoms with Crippen LogP contribution in [-0.4, -0.2) is 5.91 Å². The number of rotatable bonds is 2. The van der Waals surface area contributed by atoms with E-state index >= 15 is 0 Å². The molecule has 0 atom stereocenters. The first-order valence-corrected chi connectivity index (χ1v) is 5.53. The zero-order chi connectivity index (χ0) is 13.8. The van der Waals surface area contributed by atoms with Gasteiger partial charge >= 0.3 is 0 Å². The van der Waals surface area contributed by atoms with Crippen molar-refractivity contribution in [3.05, 3.63) is 59.4 Å². The van der Waals surface area contributed by atoms with E-state index in [4.69, 9.17) is 12.2 Å². The standard InChI is InChI=1S/C15H11FN2O/c1-2-10-4-3-5-12(8-10)18-15(19)11-6-7-14(17)13(16)9-11/h1,3-9H,17H2,(H,18,19). The molecule has 0 heterocycles.